The van der Waals surface area contributed by atoms with Gasteiger partial charge in [0, 0.05) is 16.5 Å². The topological polar surface area (TPSA) is 92.3 Å². The minimum absolute atomic E-state index is 0.100. The van der Waals surface area contributed by atoms with Crippen molar-refractivity contribution in [3.05, 3.63) is 69.3 Å². The molecule has 0 aliphatic rings. The predicted octanol–water partition coefficient (Wildman–Crippen LogP) is 6.37. The molecule has 6 nitrogen and oxygen atoms in total. The van der Waals surface area contributed by atoms with E-state index in [0.29, 0.717) is 5.56 Å². The van der Waals surface area contributed by atoms with Gasteiger partial charge in [-0.05, 0) is 50.6 Å². The zero-order valence-corrected chi connectivity index (χ0v) is 19.2. The summed E-state index contributed by atoms with van der Waals surface area (Å²) >= 11 is 1.18. The van der Waals surface area contributed by atoms with Gasteiger partial charge in [0.2, 0.25) is 0 Å². The Hall–Kier alpha value is -3.84. The number of alkyl halides is 3. The van der Waals surface area contributed by atoms with Crippen molar-refractivity contribution >= 4 is 34.3 Å². The molecule has 0 fully saturated rings. The lowest BCUT2D eigenvalue weighted by atomic mass is 10.1. The first-order chi connectivity index (χ1) is 16.0. The van der Waals surface area contributed by atoms with E-state index in [0.717, 1.165) is 17.0 Å². The molecule has 0 saturated heterocycles. The zero-order valence-electron chi connectivity index (χ0n) is 18.4. The molecule has 2 heterocycles. The number of nitriles is 1. The summed E-state index contributed by atoms with van der Waals surface area (Å²) < 4.78 is 49.5. The van der Waals surface area contributed by atoms with E-state index >= 15 is 0 Å². The van der Waals surface area contributed by atoms with E-state index in [-0.39, 0.29) is 39.8 Å². The minimum Gasteiger partial charge on any atom is -0.462 e. The van der Waals surface area contributed by atoms with Gasteiger partial charge in [0.15, 0.2) is 0 Å². The van der Waals surface area contributed by atoms with E-state index in [1.807, 2.05) is 0 Å². The summed E-state index contributed by atoms with van der Waals surface area (Å²) in [6, 6.07) is 9.26. The minimum atomic E-state index is -4.50. The molecule has 3 aromatic rings. The molecule has 0 bridgehead atoms. The van der Waals surface area contributed by atoms with E-state index in [9.17, 15) is 28.0 Å². The Bertz CT molecular complexity index is 1310. The van der Waals surface area contributed by atoms with Crippen molar-refractivity contribution in [1.82, 2.24) is 0 Å². The highest BCUT2D eigenvalue weighted by molar-refractivity contribution is 7.16. The molecule has 1 aromatic carbocycles. The van der Waals surface area contributed by atoms with Gasteiger partial charge in [-0.3, -0.25) is 4.79 Å². The number of carbonyl (C=O) groups excluding carboxylic acids is 2. The molecule has 1 N–H and O–H groups in total. The number of nitrogens with one attached hydrogen (secondary N) is 1. The number of anilines is 1. The van der Waals surface area contributed by atoms with Gasteiger partial charge >= 0.3 is 12.1 Å². The lowest BCUT2D eigenvalue weighted by molar-refractivity contribution is -0.137. The monoisotopic (exact) mass is 488 g/mol. The normalized spacial score (nSPS) is 11.7. The number of hydrogen-bond acceptors (Lipinski definition) is 6. The summed E-state index contributed by atoms with van der Waals surface area (Å²) in [6.07, 6.45) is -3.33. The van der Waals surface area contributed by atoms with Crippen molar-refractivity contribution in [1.29, 1.82) is 5.26 Å². The van der Waals surface area contributed by atoms with Crippen LogP contribution in [0.5, 0.6) is 0 Å². The number of esters is 1. The summed E-state index contributed by atoms with van der Waals surface area (Å²) in [5.41, 5.74) is -0.0585. The molecular weight excluding hydrogens is 469 g/mol. The van der Waals surface area contributed by atoms with Gasteiger partial charge in [-0.25, -0.2) is 4.79 Å². The Kier molecular flexibility index (Phi) is 7.27. The van der Waals surface area contributed by atoms with E-state index in [2.05, 4.69) is 5.32 Å². The van der Waals surface area contributed by atoms with Crippen molar-refractivity contribution in [2.45, 2.75) is 26.9 Å². The summed E-state index contributed by atoms with van der Waals surface area (Å²) in [5, 5.41) is 12.3. The lowest BCUT2D eigenvalue weighted by Gasteiger charge is -2.07. The van der Waals surface area contributed by atoms with Gasteiger partial charge in [-0.15, -0.1) is 11.3 Å². The van der Waals surface area contributed by atoms with Gasteiger partial charge in [0.1, 0.15) is 28.2 Å². The van der Waals surface area contributed by atoms with Crippen LogP contribution in [0.15, 0.2) is 46.4 Å². The zero-order chi connectivity index (χ0) is 25.0. The van der Waals surface area contributed by atoms with Gasteiger partial charge < -0.3 is 14.5 Å². The first kappa shape index (κ1) is 24.8. The first-order valence-corrected chi connectivity index (χ1v) is 10.8. The lowest BCUT2D eigenvalue weighted by Crippen LogP contribution is -2.16. The molecule has 0 unspecified atom stereocenters. The molecule has 3 rings (SSSR count). The molecule has 2 aromatic heterocycles. The Balaban J connectivity index is 1.86. The number of benzene rings is 1. The third-order valence-electron chi connectivity index (χ3n) is 4.84. The fourth-order valence-corrected chi connectivity index (χ4v) is 4.10. The van der Waals surface area contributed by atoms with Crippen molar-refractivity contribution in [3.8, 4) is 17.4 Å². The van der Waals surface area contributed by atoms with Crippen LogP contribution in [0.4, 0.5) is 18.2 Å². The quantitative estimate of drug-likeness (QED) is 0.247. The number of halogens is 3. The van der Waals surface area contributed by atoms with Gasteiger partial charge in [-0.2, -0.15) is 18.4 Å². The van der Waals surface area contributed by atoms with Crippen LogP contribution < -0.4 is 5.32 Å². The molecule has 1 amide bonds. The highest BCUT2D eigenvalue weighted by Crippen LogP contribution is 2.34. The van der Waals surface area contributed by atoms with Gasteiger partial charge in [0.25, 0.3) is 5.91 Å². The van der Waals surface area contributed by atoms with Crippen LogP contribution in [-0.2, 0) is 15.7 Å². The number of ether oxygens (including phenoxy) is 1. The molecule has 176 valence electrons. The number of amides is 1. The Morgan fingerprint density at radius 3 is 2.62 bits per heavy atom. The number of aryl methyl sites for hydroxylation is 1. The van der Waals surface area contributed by atoms with Crippen LogP contribution in [0.2, 0.25) is 0 Å². The highest BCUT2D eigenvalue weighted by Gasteiger charge is 2.30. The second-order valence-corrected chi connectivity index (χ2v) is 8.34. The second kappa shape index (κ2) is 9.97. The summed E-state index contributed by atoms with van der Waals surface area (Å²) in [6.45, 7) is 5.35. The van der Waals surface area contributed by atoms with Gasteiger partial charge in [0.05, 0.1) is 17.7 Å². The molecule has 10 heteroatoms. The number of carbonyl (C=O) groups is 2. The average Bonchev–Trinajstić information content (AvgIpc) is 3.36. The molecule has 0 radical (unpaired) electrons. The smallest absolute Gasteiger partial charge is 0.416 e. The van der Waals surface area contributed by atoms with Crippen molar-refractivity contribution < 1.29 is 31.9 Å². The molecule has 0 aliphatic heterocycles. The van der Waals surface area contributed by atoms with Crippen LogP contribution in [0, 0.1) is 25.2 Å². The van der Waals surface area contributed by atoms with E-state index < -0.39 is 23.6 Å². The van der Waals surface area contributed by atoms with E-state index in [1.54, 1.807) is 26.8 Å². The second-order valence-electron chi connectivity index (χ2n) is 7.11. The van der Waals surface area contributed by atoms with Crippen LogP contribution in [0.1, 0.15) is 39.0 Å². The molecule has 0 aliphatic carbocycles. The summed E-state index contributed by atoms with van der Waals surface area (Å²) in [4.78, 5) is 25.8. The van der Waals surface area contributed by atoms with Crippen LogP contribution in [0.3, 0.4) is 0 Å². The van der Waals surface area contributed by atoms with E-state index in [4.69, 9.17) is 9.15 Å². The summed E-state index contributed by atoms with van der Waals surface area (Å²) in [7, 11) is 0. The Morgan fingerprint density at radius 1 is 1.24 bits per heavy atom. The standard InChI is InChI=1S/C24H19F3N2O4S/c1-4-32-23(31)20-13(2)14(3)34-22(20)29-21(30)16(12-28)11-18-8-9-19(33-18)15-6-5-7-17(10-15)24(25,26)27/h5-11H,4H2,1-3H3,(H,29,30). The maximum atomic E-state index is 13.0. The molecule has 34 heavy (non-hydrogen) atoms. The third-order valence-corrected chi connectivity index (χ3v) is 5.97. The SMILES string of the molecule is CCOC(=O)c1c(NC(=O)C(C#N)=Cc2ccc(-c3cccc(C(F)(F)F)c3)o2)sc(C)c1C. The number of nitrogens with zero attached hydrogens (tertiary/aromatic N) is 1. The van der Waals surface area contributed by atoms with Crippen LogP contribution >= 0.6 is 11.3 Å². The maximum Gasteiger partial charge on any atom is 0.416 e. The van der Waals surface area contributed by atoms with Crippen molar-refractivity contribution in [2.75, 3.05) is 11.9 Å². The Labute approximate surface area is 197 Å². The maximum absolute atomic E-state index is 13.0. The van der Waals surface area contributed by atoms with Gasteiger partial charge in [-0.1, -0.05) is 12.1 Å². The highest BCUT2D eigenvalue weighted by atomic mass is 32.1. The van der Waals surface area contributed by atoms with Crippen LogP contribution in [-0.4, -0.2) is 18.5 Å². The molecule has 0 saturated carbocycles. The molecule has 0 atom stereocenters. The number of hydrogen-bond donors (Lipinski definition) is 1. The average molecular weight is 488 g/mol. The largest absolute Gasteiger partial charge is 0.462 e. The third kappa shape index (κ3) is 5.38. The Morgan fingerprint density at radius 2 is 1.97 bits per heavy atom. The first-order valence-electron chi connectivity index (χ1n) is 10.0. The number of furan rings is 1. The fraction of sp³-hybridized carbons (Fsp3) is 0.208. The van der Waals surface area contributed by atoms with Crippen LogP contribution in [0.25, 0.3) is 17.4 Å². The number of thiophene rings is 1. The predicted molar refractivity (Wildman–Crippen MR) is 121 cm³/mol. The molecule has 0 spiro atoms. The number of rotatable bonds is 6. The van der Waals surface area contributed by atoms with Crippen molar-refractivity contribution in [2.24, 2.45) is 0 Å². The summed E-state index contributed by atoms with van der Waals surface area (Å²) in [5.74, 6) is -1.11. The fourth-order valence-electron chi connectivity index (χ4n) is 3.06. The van der Waals surface area contributed by atoms with Crippen molar-refractivity contribution in [3.63, 3.8) is 0 Å². The molecular formula is C24H19F3N2O4S. The van der Waals surface area contributed by atoms with E-state index in [1.165, 1.54) is 41.7 Å².